The molecule has 144 valence electrons. The normalized spacial score (nSPS) is 11.2. The van der Waals surface area contributed by atoms with Crippen LogP contribution in [0.5, 0.6) is 5.75 Å². The predicted molar refractivity (Wildman–Crippen MR) is 98.4 cm³/mol. The molecule has 1 heterocycles. The summed E-state index contributed by atoms with van der Waals surface area (Å²) in [5, 5.41) is 12.2. The molecule has 0 aliphatic carbocycles. The number of nitrogens with zero attached hydrogens (tertiary/aromatic N) is 1. The van der Waals surface area contributed by atoms with E-state index >= 15 is 0 Å². The van der Waals surface area contributed by atoms with Crippen molar-refractivity contribution in [1.82, 2.24) is 10.3 Å². The number of nitrogens with one attached hydrogen (secondary N) is 1. The number of amides is 1. The molecule has 0 fully saturated rings. The van der Waals surface area contributed by atoms with Crippen LogP contribution in [0.1, 0.15) is 21.5 Å². The summed E-state index contributed by atoms with van der Waals surface area (Å²) in [6, 6.07) is 12.1. The van der Waals surface area contributed by atoms with Crippen molar-refractivity contribution in [3.8, 4) is 17.0 Å². The minimum absolute atomic E-state index is 0.00500. The molecule has 4 N–H and O–H groups in total. The lowest BCUT2D eigenvalue weighted by atomic mass is 10.1. The number of aromatic hydroxyl groups is 1. The second-order valence-electron chi connectivity index (χ2n) is 6.08. The number of carbonyl (C=O) groups excluding carboxylic acids is 1. The topological polar surface area (TPSA) is 88.2 Å². The molecule has 0 aliphatic heterocycles. The van der Waals surface area contributed by atoms with Crippen LogP contribution < -0.4 is 11.1 Å². The number of hydrogen-bond acceptors (Lipinski definition) is 4. The molecular formula is C20H16F3N3O2. The highest BCUT2D eigenvalue weighted by Crippen LogP contribution is 2.30. The van der Waals surface area contributed by atoms with E-state index in [9.17, 15) is 23.1 Å². The molecular weight excluding hydrogens is 371 g/mol. The van der Waals surface area contributed by atoms with Crippen molar-refractivity contribution in [2.24, 2.45) is 0 Å². The van der Waals surface area contributed by atoms with Gasteiger partial charge in [-0.1, -0.05) is 12.1 Å². The average molecular weight is 387 g/mol. The number of phenols is 1. The minimum atomic E-state index is -4.44. The van der Waals surface area contributed by atoms with E-state index in [0.717, 1.165) is 12.1 Å². The van der Waals surface area contributed by atoms with Crippen LogP contribution in [0.15, 0.2) is 60.8 Å². The maximum absolute atomic E-state index is 12.8. The summed E-state index contributed by atoms with van der Waals surface area (Å²) in [5.41, 5.74) is 6.94. The molecule has 1 aromatic heterocycles. The molecule has 0 saturated heterocycles. The molecule has 28 heavy (non-hydrogen) atoms. The van der Waals surface area contributed by atoms with Gasteiger partial charge in [0.15, 0.2) is 0 Å². The van der Waals surface area contributed by atoms with Gasteiger partial charge in [-0.2, -0.15) is 13.2 Å². The van der Waals surface area contributed by atoms with E-state index in [1.165, 1.54) is 48.7 Å². The third-order valence-corrected chi connectivity index (χ3v) is 4.04. The average Bonchev–Trinajstić information content (AvgIpc) is 2.67. The predicted octanol–water partition coefficient (Wildman–Crippen LogP) is 3.99. The first kappa shape index (κ1) is 19.2. The Kier molecular flexibility index (Phi) is 5.21. The number of halogens is 3. The third-order valence-electron chi connectivity index (χ3n) is 4.04. The van der Waals surface area contributed by atoms with E-state index in [4.69, 9.17) is 5.73 Å². The number of nitrogen functional groups attached to an aromatic ring is 1. The van der Waals surface area contributed by atoms with E-state index in [2.05, 4.69) is 10.3 Å². The zero-order valence-electron chi connectivity index (χ0n) is 14.5. The Morgan fingerprint density at radius 1 is 1.11 bits per heavy atom. The third kappa shape index (κ3) is 4.40. The summed E-state index contributed by atoms with van der Waals surface area (Å²) in [4.78, 5) is 16.5. The highest BCUT2D eigenvalue weighted by Gasteiger charge is 2.30. The smallest absolute Gasteiger partial charge is 0.416 e. The number of phenolic OH excluding ortho intramolecular Hbond substituents is 1. The van der Waals surface area contributed by atoms with Crippen molar-refractivity contribution in [1.29, 1.82) is 0 Å². The van der Waals surface area contributed by atoms with E-state index in [1.54, 1.807) is 0 Å². The minimum Gasteiger partial charge on any atom is -0.508 e. The molecule has 3 rings (SSSR count). The van der Waals surface area contributed by atoms with Gasteiger partial charge in [-0.15, -0.1) is 0 Å². The molecule has 0 saturated carbocycles. The van der Waals surface area contributed by atoms with E-state index < -0.39 is 17.6 Å². The van der Waals surface area contributed by atoms with Gasteiger partial charge in [-0.05, 0) is 48.0 Å². The van der Waals surface area contributed by atoms with Gasteiger partial charge in [0, 0.05) is 29.6 Å². The van der Waals surface area contributed by atoms with Crippen molar-refractivity contribution >= 4 is 11.6 Å². The van der Waals surface area contributed by atoms with E-state index in [0.29, 0.717) is 22.5 Å². The Morgan fingerprint density at radius 3 is 2.64 bits per heavy atom. The molecule has 0 radical (unpaired) electrons. The number of carbonyl (C=O) groups is 1. The fourth-order valence-electron chi connectivity index (χ4n) is 2.63. The SMILES string of the molecule is Nc1ccc(O)cc1-c1cc(C(=O)NCc2cccc(C(F)(F)F)c2)ccn1. The van der Waals surface area contributed by atoms with Crippen molar-refractivity contribution in [3.63, 3.8) is 0 Å². The van der Waals surface area contributed by atoms with Crippen molar-refractivity contribution in [2.75, 3.05) is 5.73 Å². The van der Waals surface area contributed by atoms with Crippen molar-refractivity contribution in [2.45, 2.75) is 12.7 Å². The molecule has 5 nitrogen and oxygen atoms in total. The van der Waals surface area contributed by atoms with Crippen LogP contribution in [-0.2, 0) is 12.7 Å². The maximum Gasteiger partial charge on any atom is 0.416 e. The first-order valence-corrected chi connectivity index (χ1v) is 8.23. The maximum atomic E-state index is 12.8. The molecule has 0 bridgehead atoms. The Bertz CT molecular complexity index is 1020. The summed E-state index contributed by atoms with van der Waals surface area (Å²) >= 11 is 0. The quantitative estimate of drug-likeness (QED) is 0.467. The monoisotopic (exact) mass is 387 g/mol. The summed E-state index contributed by atoms with van der Waals surface area (Å²) < 4.78 is 38.3. The second-order valence-corrected chi connectivity index (χ2v) is 6.08. The Labute approximate surface area is 158 Å². The Balaban J connectivity index is 1.76. The number of aromatic nitrogens is 1. The number of anilines is 1. The number of hydrogen-bond donors (Lipinski definition) is 3. The fraction of sp³-hybridized carbons (Fsp3) is 0.100. The van der Waals surface area contributed by atoms with Crippen molar-refractivity contribution in [3.05, 3.63) is 77.5 Å². The van der Waals surface area contributed by atoms with Crippen LogP contribution in [0.25, 0.3) is 11.3 Å². The lowest BCUT2D eigenvalue weighted by Gasteiger charge is -2.10. The fourth-order valence-corrected chi connectivity index (χ4v) is 2.63. The van der Waals surface area contributed by atoms with Gasteiger partial charge in [0.1, 0.15) is 5.75 Å². The van der Waals surface area contributed by atoms with Crippen LogP contribution in [-0.4, -0.2) is 16.0 Å². The number of pyridine rings is 1. The molecule has 0 aliphatic rings. The van der Waals surface area contributed by atoms with Gasteiger partial charge >= 0.3 is 6.18 Å². The standard InChI is InChI=1S/C20H16F3N3O2/c21-20(22,23)14-3-1-2-12(8-14)11-26-19(28)13-6-7-25-18(9-13)16-10-15(27)4-5-17(16)24/h1-10,27H,11,24H2,(H,26,28). The van der Waals surface area contributed by atoms with Crippen LogP contribution in [0.3, 0.4) is 0 Å². The summed E-state index contributed by atoms with van der Waals surface area (Å²) in [6.45, 7) is -0.0608. The van der Waals surface area contributed by atoms with Crippen molar-refractivity contribution < 1.29 is 23.1 Å². The molecule has 0 unspecified atom stereocenters. The molecule has 0 atom stereocenters. The number of alkyl halides is 3. The first-order valence-electron chi connectivity index (χ1n) is 8.23. The lowest BCUT2D eigenvalue weighted by molar-refractivity contribution is -0.137. The second kappa shape index (κ2) is 7.59. The van der Waals surface area contributed by atoms with Crippen LogP contribution in [0, 0.1) is 0 Å². The zero-order valence-corrected chi connectivity index (χ0v) is 14.5. The van der Waals surface area contributed by atoms with Gasteiger partial charge < -0.3 is 16.2 Å². The largest absolute Gasteiger partial charge is 0.508 e. The summed E-state index contributed by atoms with van der Waals surface area (Å²) in [6.07, 6.45) is -3.03. The molecule has 8 heteroatoms. The highest BCUT2D eigenvalue weighted by atomic mass is 19.4. The first-order chi connectivity index (χ1) is 13.2. The molecule has 1 amide bonds. The number of rotatable bonds is 4. The van der Waals surface area contributed by atoms with Gasteiger partial charge in [-0.3, -0.25) is 9.78 Å². The summed E-state index contributed by atoms with van der Waals surface area (Å²) in [7, 11) is 0. The van der Waals surface area contributed by atoms with Crippen LogP contribution in [0.4, 0.5) is 18.9 Å². The van der Waals surface area contributed by atoms with Crippen LogP contribution in [0.2, 0.25) is 0 Å². The Morgan fingerprint density at radius 2 is 1.89 bits per heavy atom. The molecule has 3 aromatic rings. The van der Waals surface area contributed by atoms with Crippen LogP contribution >= 0.6 is 0 Å². The Hall–Kier alpha value is -3.55. The van der Waals surface area contributed by atoms with E-state index in [1.807, 2.05) is 0 Å². The zero-order chi connectivity index (χ0) is 20.3. The number of nitrogens with two attached hydrogens (primary N) is 1. The highest BCUT2D eigenvalue weighted by molar-refractivity contribution is 5.95. The van der Waals surface area contributed by atoms with E-state index in [-0.39, 0.29) is 17.9 Å². The van der Waals surface area contributed by atoms with Gasteiger partial charge in [-0.25, -0.2) is 0 Å². The van der Waals surface area contributed by atoms with Gasteiger partial charge in [0.05, 0.1) is 11.3 Å². The van der Waals surface area contributed by atoms with Gasteiger partial charge in [0.25, 0.3) is 5.91 Å². The lowest BCUT2D eigenvalue weighted by Crippen LogP contribution is -2.23. The molecule has 2 aromatic carbocycles. The van der Waals surface area contributed by atoms with Gasteiger partial charge in [0.2, 0.25) is 0 Å². The summed E-state index contributed by atoms with van der Waals surface area (Å²) in [5.74, 6) is -0.467. The molecule has 0 spiro atoms. The number of benzene rings is 2.